The summed E-state index contributed by atoms with van der Waals surface area (Å²) in [5.74, 6) is 1.55. The lowest BCUT2D eigenvalue weighted by molar-refractivity contribution is 0.0807. The van der Waals surface area contributed by atoms with Gasteiger partial charge in [0.1, 0.15) is 0 Å². The minimum absolute atomic E-state index is 0.0161. The van der Waals surface area contributed by atoms with Crippen LogP contribution in [0.2, 0.25) is 0 Å². The summed E-state index contributed by atoms with van der Waals surface area (Å²) in [6.07, 6.45) is 6.01. The van der Waals surface area contributed by atoms with Crippen molar-refractivity contribution in [3.63, 3.8) is 0 Å². The quantitative estimate of drug-likeness (QED) is 0.647. The van der Waals surface area contributed by atoms with E-state index in [1.54, 1.807) is 0 Å². The van der Waals surface area contributed by atoms with Gasteiger partial charge in [0.25, 0.3) is 0 Å². The molecule has 0 aromatic heterocycles. The number of hydrogen-bond donors (Lipinski definition) is 3. The fraction of sp³-hybridized carbons (Fsp3) is 1.00. The normalized spacial score (nSPS) is 27.0. The Kier molecular flexibility index (Phi) is 5.73. The average molecular weight is 229 g/mol. The highest BCUT2D eigenvalue weighted by atomic mass is 16.3. The van der Waals surface area contributed by atoms with Crippen molar-refractivity contribution in [1.82, 2.24) is 5.32 Å². The Morgan fingerprint density at radius 2 is 1.94 bits per heavy atom. The molecule has 0 amide bonds. The predicted octanol–water partition coefficient (Wildman–Crippen LogP) is 1.54. The first-order valence-electron chi connectivity index (χ1n) is 6.62. The first kappa shape index (κ1) is 13.9. The van der Waals surface area contributed by atoms with E-state index >= 15 is 0 Å². The lowest BCUT2D eigenvalue weighted by Gasteiger charge is -2.34. The monoisotopic (exact) mass is 229 g/mol. The standard InChI is InChI=1S/C13H27NO2/c1-3-13(9-15,10-16)14-8-12-6-4-5-11(2)7-12/h11-12,14-16H,3-10H2,1-2H3. The number of aliphatic hydroxyl groups excluding tert-OH is 2. The van der Waals surface area contributed by atoms with Gasteiger partial charge in [-0.1, -0.05) is 26.7 Å². The molecule has 0 heterocycles. The molecule has 0 radical (unpaired) electrons. The lowest BCUT2D eigenvalue weighted by atomic mass is 9.82. The molecular weight excluding hydrogens is 202 g/mol. The third-order valence-corrected chi connectivity index (χ3v) is 4.09. The van der Waals surface area contributed by atoms with Crippen molar-refractivity contribution in [1.29, 1.82) is 0 Å². The third-order valence-electron chi connectivity index (χ3n) is 4.09. The van der Waals surface area contributed by atoms with E-state index in [0.717, 1.165) is 18.9 Å². The van der Waals surface area contributed by atoms with Gasteiger partial charge in [0.2, 0.25) is 0 Å². The molecule has 1 rings (SSSR count). The zero-order chi connectivity index (χ0) is 12.0. The van der Waals surface area contributed by atoms with Crippen molar-refractivity contribution in [2.24, 2.45) is 11.8 Å². The van der Waals surface area contributed by atoms with E-state index in [1.165, 1.54) is 25.7 Å². The van der Waals surface area contributed by atoms with Gasteiger partial charge in [0.05, 0.1) is 18.8 Å². The highest BCUT2D eigenvalue weighted by molar-refractivity contribution is 4.87. The number of hydrogen-bond acceptors (Lipinski definition) is 3. The maximum atomic E-state index is 9.34. The van der Waals surface area contributed by atoms with Crippen molar-refractivity contribution in [3.05, 3.63) is 0 Å². The van der Waals surface area contributed by atoms with E-state index < -0.39 is 5.54 Å². The van der Waals surface area contributed by atoms with Gasteiger partial charge < -0.3 is 15.5 Å². The molecule has 0 aromatic rings. The summed E-state index contributed by atoms with van der Waals surface area (Å²) in [5.41, 5.74) is -0.472. The minimum Gasteiger partial charge on any atom is -0.394 e. The second-order valence-corrected chi connectivity index (χ2v) is 5.47. The van der Waals surface area contributed by atoms with E-state index in [2.05, 4.69) is 12.2 Å². The summed E-state index contributed by atoms with van der Waals surface area (Å²) in [6, 6.07) is 0. The molecule has 2 atom stereocenters. The highest BCUT2D eigenvalue weighted by Crippen LogP contribution is 2.28. The van der Waals surface area contributed by atoms with E-state index in [4.69, 9.17) is 0 Å². The van der Waals surface area contributed by atoms with Gasteiger partial charge in [-0.15, -0.1) is 0 Å². The van der Waals surface area contributed by atoms with Crippen LogP contribution in [0.15, 0.2) is 0 Å². The Balaban J connectivity index is 2.36. The van der Waals surface area contributed by atoms with E-state index in [9.17, 15) is 10.2 Å². The molecule has 1 aliphatic carbocycles. The maximum absolute atomic E-state index is 9.34. The van der Waals surface area contributed by atoms with Gasteiger partial charge in [0.15, 0.2) is 0 Å². The smallest absolute Gasteiger partial charge is 0.0645 e. The summed E-state index contributed by atoms with van der Waals surface area (Å²) >= 11 is 0. The molecule has 0 spiro atoms. The Morgan fingerprint density at radius 1 is 1.25 bits per heavy atom. The molecule has 3 nitrogen and oxygen atoms in total. The minimum atomic E-state index is -0.472. The summed E-state index contributed by atoms with van der Waals surface area (Å²) in [7, 11) is 0. The Labute approximate surface area is 99.3 Å². The van der Waals surface area contributed by atoms with Crippen LogP contribution in [-0.4, -0.2) is 35.5 Å². The zero-order valence-electron chi connectivity index (χ0n) is 10.7. The van der Waals surface area contributed by atoms with Gasteiger partial charge in [-0.3, -0.25) is 0 Å². The maximum Gasteiger partial charge on any atom is 0.0645 e. The topological polar surface area (TPSA) is 52.5 Å². The van der Waals surface area contributed by atoms with Crippen molar-refractivity contribution in [3.8, 4) is 0 Å². The number of nitrogens with one attached hydrogen (secondary N) is 1. The van der Waals surface area contributed by atoms with Crippen LogP contribution < -0.4 is 5.32 Å². The van der Waals surface area contributed by atoms with Crippen molar-refractivity contribution < 1.29 is 10.2 Å². The van der Waals surface area contributed by atoms with Gasteiger partial charge in [-0.05, 0) is 37.6 Å². The Morgan fingerprint density at radius 3 is 2.44 bits per heavy atom. The average Bonchev–Trinajstić information content (AvgIpc) is 2.32. The van der Waals surface area contributed by atoms with Crippen LogP contribution in [0.5, 0.6) is 0 Å². The van der Waals surface area contributed by atoms with E-state index in [1.807, 2.05) is 6.92 Å². The lowest BCUT2D eigenvalue weighted by Crippen LogP contribution is -2.52. The highest BCUT2D eigenvalue weighted by Gasteiger charge is 2.28. The summed E-state index contributed by atoms with van der Waals surface area (Å²) < 4.78 is 0. The molecule has 0 aromatic carbocycles. The SMILES string of the molecule is CCC(CO)(CO)NCC1CCCC(C)C1. The molecule has 1 fully saturated rings. The largest absolute Gasteiger partial charge is 0.394 e. The van der Waals surface area contributed by atoms with Crippen LogP contribution >= 0.6 is 0 Å². The van der Waals surface area contributed by atoms with E-state index in [-0.39, 0.29) is 13.2 Å². The van der Waals surface area contributed by atoms with Gasteiger partial charge in [-0.2, -0.15) is 0 Å². The van der Waals surface area contributed by atoms with Crippen LogP contribution in [0.4, 0.5) is 0 Å². The molecule has 16 heavy (non-hydrogen) atoms. The Bertz CT molecular complexity index is 184. The van der Waals surface area contributed by atoms with Crippen LogP contribution in [0, 0.1) is 11.8 Å². The van der Waals surface area contributed by atoms with Crippen LogP contribution in [-0.2, 0) is 0 Å². The summed E-state index contributed by atoms with van der Waals surface area (Å²) in [5, 5.41) is 22.0. The number of aliphatic hydroxyl groups is 2. The molecule has 0 aliphatic heterocycles. The molecule has 2 unspecified atom stereocenters. The first-order valence-corrected chi connectivity index (χ1v) is 6.62. The molecule has 0 bridgehead atoms. The van der Waals surface area contributed by atoms with Crippen LogP contribution in [0.3, 0.4) is 0 Å². The van der Waals surface area contributed by atoms with Gasteiger partial charge in [0, 0.05) is 0 Å². The van der Waals surface area contributed by atoms with E-state index in [0.29, 0.717) is 5.92 Å². The first-order chi connectivity index (χ1) is 7.65. The third kappa shape index (κ3) is 3.72. The van der Waals surface area contributed by atoms with Crippen molar-refractivity contribution in [2.75, 3.05) is 19.8 Å². The van der Waals surface area contributed by atoms with Crippen molar-refractivity contribution in [2.45, 2.75) is 51.5 Å². The Hall–Kier alpha value is -0.120. The zero-order valence-corrected chi connectivity index (χ0v) is 10.7. The predicted molar refractivity (Wildman–Crippen MR) is 66.3 cm³/mol. The summed E-state index contributed by atoms with van der Waals surface area (Å²) in [6.45, 7) is 5.28. The van der Waals surface area contributed by atoms with Crippen LogP contribution in [0.25, 0.3) is 0 Å². The fourth-order valence-corrected chi connectivity index (χ4v) is 2.62. The molecular formula is C13H27NO2. The molecule has 3 N–H and O–H groups in total. The fourth-order valence-electron chi connectivity index (χ4n) is 2.62. The van der Waals surface area contributed by atoms with Crippen molar-refractivity contribution >= 4 is 0 Å². The molecule has 1 saturated carbocycles. The summed E-state index contributed by atoms with van der Waals surface area (Å²) in [4.78, 5) is 0. The molecule has 3 heteroatoms. The van der Waals surface area contributed by atoms with Gasteiger partial charge in [-0.25, -0.2) is 0 Å². The second kappa shape index (κ2) is 6.58. The van der Waals surface area contributed by atoms with Gasteiger partial charge >= 0.3 is 0 Å². The second-order valence-electron chi connectivity index (χ2n) is 5.47. The number of rotatable bonds is 6. The molecule has 0 saturated heterocycles. The molecule has 96 valence electrons. The molecule has 1 aliphatic rings. The van der Waals surface area contributed by atoms with Crippen LogP contribution in [0.1, 0.15) is 46.0 Å².